The fraction of sp³-hybridized carbons (Fsp3) is 0.333. The molecule has 2 aromatic rings. The summed E-state index contributed by atoms with van der Waals surface area (Å²) in [4.78, 5) is 0.910. The summed E-state index contributed by atoms with van der Waals surface area (Å²) < 4.78 is 5.31. The molecule has 4 nitrogen and oxygen atoms in total. The molecule has 1 N–H and O–H groups in total. The quantitative estimate of drug-likeness (QED) is 0.931. The van der Waals surface area contributed by atoms with Crippen LogP contribution < -0.4 is 5.32 Å². The summed E-state index contributed by atoms with van der Waals surface area (Å²) in [7, 11) is 1.92. The van der Waals surface area contributed by atoms with Crippen LogP contribution in [0, 0.1) is 6.92 Å². The van der Waals surface area contributed by atoms with E-state index in [1.165, 1.54) is 11.8 Å². The molecular formula is C12H14ClN3OS. The molecule has 6 heteroatoms. The molecule has 0 aliphatic rings. The second-order valence-electron chi connectivity index (χ2n) is 3.89. The van der Waals surface area contributed by atoms with E-state index in [4.69, 9.17) is 16.0 Å². The molecule has 1 heterocycles. The van der Waals surface area contributed by atoms with E-state index in [-0.39, 0.29) is 6.04 Å². The van der Waals surface area contributed by atoms with Crippen LogP contribution in [0.5, 0.6) is 0 Å². The van der Waals surface area contributed by atoms with Gasteiger partial charge in [-0.3, -0.25) is 0 Å². The van der Waals surface area contributed by atoms with E-state index >= 15 is 0 Å². The molecule has 1 atom stereocenters. The number of hydrogen-bond donors (Lipinski definition) is 1. The molecular weight excluding hydrogens is 270 g/mol. The Bertz CT molecular complexity index is 544. The summed E-state index contributed by atoms with van der Waals surface area (Å²) in [6.45, 7) is 3.84. The standard InChI is InChI=1S/C12H14ClN3OS/c1-7(14-3)9-4-5-11(10(13)6-9)18-12-16-15-8(2)17-12/h4-7,14H,1-3H3. The molecule has 0 aliphatic heterocycles. The first kappa shape index (κ1) is 13.4. The number of hydrogen-bond acceptors (Lipinski definition) is 5. The zero-order chi connectivity index (χ0) is 13.1. The fourth-order valence-electron chi connectivity index (χ4n) is 1.45. The van der Waals surface area contributed by atoms with E-state index in [0.717, 1.165) is 10.5 Å². The maximum absolute atomic E-state index is 6.25. The Balaban J connectivity index is 2.19. The highest BCUT2D eigenvalue weighted by Crippen LogP contribution is 2.33. The smallest absolute Gasteiger partial charge is 0.281 e. The van der Waals surface area contributed by atoms with Crippen molar-refractivity contribution in [1.29, 1.82) is 0 Å². The number of nitrogens with zero attached hydrogens (tertiary/aromatic N) is 2. The summed E-state index contributed by atoms with van der Waals surface area (Å²) in [6, 6.07) is 6.23. The fourth-order valence-corrected chi connectivity index (χ4v) is 2.48. The molecule has 0 saturated heterocycles. The lowest BCUT2D eigenvalue weighted by Crippen LogP contribution is -2.12. The molecule has 1 aromatic carbocycles. The third kappa shape index (κ3) is 3.04. The largest absolute Gasteiger partial charge is 0.416 e. The third-order valence-electron chi connectivity index (χ3n) is 2.59. The number of rotatable bonds is 4. The minimum Gasteiger partial charge on any atom is -0.416 e. The summed E-state index contributed by atoms with van der Waals surface area (Å²) in [5, 5.41) is 12.1. The summed E-state index contributed by atoms with van der Waals surface area (Å²) >= 11 is 7.62. The molecule has 2 rings (SSSR count). The summed E-state index contributed by atoms with van der Waals surface area (Å²) in [5.41, 5.74) is 1.15. The van der Waals surface area contributed by atoms with Crippen molar-refractivity contribution >= 4 is 23.4 Å². The van der Waals surface area contributed by atoms with Crippen LogP contribution in [-0.2, 0) is 0 Å². The van der Waals surface area contributed by atoms with Crippen LogP contribution in [0.15, 0.2) is 32.7 Å². The predicted molar refractivity (Wildman–Crippen MR) is 72.1 cm³/mol. The van der Waals surface area contributed by atoms with Crippen molar-refractivity contribution in [1.82, 2.24) is 15.5 Å². The molecule has 0 spiro atoms. The number of aromatic nitrogens is 2. The van der Waals surface area contributed by atoms with E-state index in [1.54, 1.807) is 6.92 Å². The number of nitrogens with one attached hydrogen (secondary N) is 1. The zero-order valence-electron chi connectivity index (χ0n) is 10.4. The van der Waals surface area contributed by atoms with Crippen molar-refractivity contribution < 1.29 is 4.42 Å². The average Bonchev–Trinajstić information content (AvgIpc) is 2.76. The van der Waals surface area contributed by atoms with Crippen molar-refractivity contribution in [2.45, 2.75) is 30.0 Å². The molecule has 0 aliphatic carbocycles. The van der Waals surface area contributed by atoms with Crippen LogP contribution in [0.1, 0.15) is 24.4 Å². The second-order valence-corrected chi connectivity index (χ2v) is 5.29. The normalized spacial score (nSPS) is 12.7. The van der Waals surface area contributed by atoms with Crippen molar-refractivity contribution in [2.24, 2.45) is 0 Å². The molecule has 1 unspecified atom stereocenters. The summed E-state index contributed by atoms with van der Waals surface area (Å²) in [5.74, 6) is 0.550. The van der Waals surface area contributed by atoms with Gasteiger partial charge in [0.2, 0.25) is 5.89 Å². The van der Waals surface area contributed by atoms with Gasteiger partial charge in [-0.15, -0.1) is 10.2 Å². The lowest BCUT2D eigenvalue weighted by atomic mass is 10.1. The van der Waals surface area contributed by atoms with Gasteiger partial charge in [-0.05, 0) is 43.4 Å². The number of aryl methyl sites for hydroxylation is 1. The van der Waals surface area contributed by atoms with Crippen molar-refractivity contribution in [2.75, 3.05) is 7.05 Å². The highest BCUT2D eigenvalue weighted by atomic mass is 35.5. The Hall–Kier alpha value is -1.04. The SMILES string of the molecule is CNC(C)c1ccc(Sc2nnc(C)o2)c(Cl)c1. The van der Waals surface area contributed by atoms with Crippen LogP contribution in [-0.4, -0.2) is 17.2 Å². The van der Waals surface area contributed by atoms with Gasteiger partial charge in [0.15, 0.2) is 0 Å². The van der Waals surface area contributed by atoms with Crippen LogP contribution in [0.3, 0.4) is 0 Å². The third-order valence-corrected chi connectivity index (χ3v) is 3.93. The van der Waals surface area contributed by atoms with E-state index in [2.05, 4.69) is 22.4 Å². The number of benzene rings is 1. The van der Waals surface area contributed by atoms with Gasteiger partial charge in [0.05, 0.1) is 5.02 Å². The maximum Gasteiger partial charge on any atom is 0.281 e. The van der Waals surface area contributed by atoms with Crippen LogP contribution >= 0.6 is 23.4 Å². The van der Waals surface area contributed by atoms with Crippen molar-refractivity contribution in [3.8, 4) is 0 Å². The predicted octanol–water partition coefficient (Wildman–Crippen LogP) is 3.46. The Morgan fingerprint density at radius 2 is 2.17 bits per heavy atom. The van der Waals surface area contributed by atoms with E-state index in [0.29, 0.717) is 16.1 Å². The highest BCUT2D eigenvalue weighted by molar-refractivity contribution is 7.99. The maximum atomic E-state index is 6.25. The Labute approximate surface area is 115 Å². The zero-order valence-corrected chi connectivity index (χ0v) is 12.0. The monoisotopic (exact) mass is 283 g/mol. The molecule has 1 aromatic heterocycles. The van der Waals surface area contributed by atoms with Gasteiger partial charge in [0.25, 0.3) is 5.22 Å². The first-order chi connectivity index (χ1) is 8.60. The minimum absolute atomic E-state index is 0.271. The molecule has 0 amide bonds. The van der Waals surface area contributed by atoms with Gasteiger partial charge in [-0.25, -0.2) is 0 Å². The number of halogens is 1. The van der Waals surface area contributed by atoms with Crippen molar-refractivity contribution in [3.05, 3.63) is 34.7 Å². The van der Waals surface area contributed by atoms with Crippen LogP contribution in [0.4, 0.5) is 0 Å². The Morgan fingerprint density at radius 1 is 1.39 bits per heavy atom. The summed E-state index contributed by atoms with van der Waals surface area (Å²) in [6.07, 6.45) is 0. The lowest BCUT2D eigenvalue weighted by molar-refractivity contribution is 0.429. The average molecular weight is 284 g/mol. The minimum atomic E-state index is 0.271. The highest BCUT2D eigenvalue weighted by Gasteiger charge is 2.10. The molecule has 0 bridgehead atoms. The Kier molecular flexibility index (Phi) is 4.27. The first-order valence-electron chi connectivity index (χ1n) is 5.55. The molecule has 18 heavy (non-hydrogen) atoms. The van der Waals surface area contributed by atoms with E-state index in [1.807, 2.05) is 25.2 Å². The van der Waals surface area contributed by atoms with Gasteiger partial charge in [0, 0.05) is 17.9 Å². The second kappa shape index (κ2) is 5.73. The molecule has 0 saturated carbocycles. The van der Waals surface area contributed by atoms with Gasteiger partial charge in [-0.1, -0.05) is 17.7 Å². The topological polar surface area (TPSA) is 51.0 Å². The van der Waals surface area contributed by atoms with Crippen LogP contribution in [0.25, 0.3) is 0 Å². The van der Waals surface area contributed by atoms with Gasteiger partial charge in [-0.2, -0.15) is 0 Å². The molecule has 96 valence electrons. The van der Waals surface area contributed by atoms with Gasteiger partial charge in [0.1, 0.15) is 0 Å². The molecule has 0 fully saturated rings. The van der Waals surface area contributed by atoms with Crippen molar-refractivity contribution in [3.63, 3.8) is 0 Å². The first-order valence-corrected chi connectivity index (χ1v) is 6.74. The van der Waals surface area contributed by atoms with E-state index in [9.17, 15) is 0 Å². The molecule has 0 radical (unpaired) electrons. The Morgan fingerprint density at radius 3 is 2.72 bits per heavy atom. The van der Waals surface area contributed by atoms with Gasteiger partial charge >= 0.3 is 0 Å². The van der Waals surface area contributed by atoms with Crippen LogP contribution in [0.2, 0.25) is 5.02 Å². The lowest BCUT2D eigenvalue weighted by Gasteiger charge is -2.11. The van der Waals surface area contributed by atoms with Gasteiger partial charge < -0.3 is 9.73 Å². The van der Waals surface area contributed by atoms with E-state index < -0.39 is 0 Å².